The largest absolute Gasteiger partial charge is 0.274 e. The Balaban J connectivity index is 2.07. The molecule has 0 aliphatic rings. The molecule has 2 aromatic rings. The Bertz CT molecular complexity index is 955. The molecule has 0 aliphatic carbocycles. The molecule has 1 heterocycles. The highest BCUT2D eigenvalue weighted by Crippen LogP contribution is 2.23. The van der Waals surface area contributed by atoms with Crippen LogP contribution in [0.1, 0.15) is 13.3 Å². The second-order valence-corrected chi connectivity index (χ2v) is 17.8. The maximum absolute atomic E-state index is 12.6. The van der Waals surface area contributed by atoms with Gasteiger partial charge in [-0.25, -0.2) is 13.9 Å². The van der Waals surface area contributed by atoms with Gasteiger partial charge in [-0.05, 0) is 60.2 Å². The third-order valence-electron chi connectivity index (χ3n) is 4.75. The molecule has 10 heteroatoms. The Kier molecular flexibility index (Phi) is 7.32. The van der Waals surface area contributed by atoms with Gasteiger partial charge >= 0.3 is 0 Å². The third kappa shape index (κ3) is 6.01. The molecule has 7 nitrogen and oxygen atoms in total. The number of amides is 1. The molecular formula is C18H28IN3O4SSi. The molecule has 1 aromatic carbocycles. The van der Waals surface area contributed by atoms with E-state index in [1.807, 2.05) is 24.4 Å². The predicted molar refractivity (Wildman–Crippen MR) is 123 cm³/mol. The molecule has 0 aliphatic heterocycles. The van der Waals surface area contributed by atoms with E-state index in [1.165, 1.54) is 6.92 Å². The first-order valence-electron chi connectivity index (χ1n) is 9.06. The van der Waals surface area contributed by atoms with Gasteiger partial charge < -0.3 is 0 Å². The number of carbonyl (C=O) groups excluding carboxylic acids is 1. The van der Waals surface area contributed by atoms with Crippen molar-refractivity contribution in [1.29, 1.82) is 0 Å². The molecule has 0 fully saturated rings. The topological polar surface area (TPSA) is 90.3 Å². The molecule has 0 bridgehead atoms. The average Bonchev–Trinajstić information content (AvgIpc) is 2.96. The van der Waals surface area contributed by atoms with Gasteiger partial charge in [0.25, 0.3) is 5.91 Å². The van der Waals surface area contributed by atoms with E-state index in [9.17, 15) is 13.2 Å². The molecule has 0 radical (unpaired) electrons. The Labute approximate surface area is 181 Å². The number of aryl methyl sites for hydroxylation is 1. The second-order valence-electron chi connectivity index (χ2n) is 8.44. The van der Waals surface area contributed by atoms with Crippen LogP contribution < -0.4 is 5.48 Å². The van der Waals surface area contributed by atoms with E-state index in [1.54, 1.807) is 4.68 Å². The van der Waals surface area contributed by atoms with E-state index in [-0.39, 0.29) is 6.42 Å². The van der Waals surface area contributed by atoms with Crippen LogP contribution in [0.4, 0.5) is 0 Å². The number of hydrogen-bond donors (Lipinski definition) is 1. The molecule has 1 unspecified atom stereocenters. The lowest BCUT2D eigenvalue weighted by atomic mass is 10.1. The number of hydrogen-bond acceptors (Lipinski definition) is 5. The second kappa shape index (κ2) is 8.80. The first kappa shape index (κ1) is 23.3. The van der Waals surface area contributed by atoms with Crippen LogP contribution in [-0.4, -0.2) is 49.8 Å². The highest BCUT2D eigenvalue weighted by molar-refractivity contribution is 14.1. The summed E-state index contributed by atoms with van der Waals surface area (Å²) in [5, 5.41) is 5.44. The molecule has 28 heavy (non-hydrogen) atoms. The Morgan fingerprint density at radius 3 is 2.64 bits per heavy atom. The molecule has 1 amide bonds. The first-order chi connectivity index (χ1) is 12.8. The minimum absolute atomic E-state index is 0.0973. The van der Waals surface area contributed by atoms with Crippen molar-refractivity contribution in [1.82, 2.24) is 15.3 Å². The maximum atomic E-state index is 12.6. The quantitative estimate of drug-likeness (QED) is 0.230. The van der Waals surface area contributed by atoms with Crippen LogP contribution in [0.2, 0.25) is 25.7 Å². The summed E-state index contributed by atoms with van der Waals surface area (Å²) in [4.78, 5) is 17.9. The average molecular weight is 537 g/mol. The SMILES string of the molecule is CC(CCn1cc2cc(I)ccc2n1)(C(=O)NOCC[Si](C)(C)C)S(C)(=O)=O. The van der Waals surface area contributed by atoms with Crippen molar-refractivity contribution in [2.75, 3.05) is 12.9 Å². The number of aromatic nitrogens is 2. The van der Waals surface area contributed by atoms with Crippen molar-refractivity contribution in [3.8, 4) is 0 Å². The van der Waals surface area contributed by atoms with Gasteiger partial charge in [0.05, 0.1) is 12.1 Å². The number of nitrogens with zero attached hydrogens (tertiary/aromatic N) is 2. The minimum atomic E-state index is -3.66. The summed E-state index contributed by atoms with van der Waals surface area (Å²) in [6, 6.07) is 6.77. The van der Waals surface area contributed by atoms with Crippen molar-refractivity contribution in [2.45, 2.75) is 50.3 Å². The van der Waals surface area contributed by atoms with Gasteiger partial charge in [-0.3, -0.25) is 14.3 Å². The number of hydroxylamine groups is 1. The normalized spacial score (nSPS) is 14.8. The van der Waals surface area contributed by atoms with Crippen LogP contribution >= 0.6 is 22.6 Å². The van der Waals surface area contributed by atoms with Crippen molar-refractivity contribution in [2.24, 2.45) is 0 Å². The number of nitrogens with one attached hydrogen (secondary N) is 1. The van der Waals surface area contributed by atoms with E-state index in [0.717, 1.165) is 26.8 Å². The van der Waals surface area contributed by atoms with Crippen LogP contribution in [0, 0.1) is 3.57 Å². The van der Waals surface area contributed by atoms with Gasteiger partial charge in [0.15, 0.2) is 14.6 Å². The summed E-state index contributed by atoms with van der Waals surface area (Å²) in [5.74, 6) is -0.642. The number of fused-ring (bicyclic) bond motifs is 1. The number of carbonyl (C=O) groups is 1. The van der Waals surface area contributed by atoms with Crippen molar-refractivity contribution in [3.63, 3.8) is 0 Å². The lowest BCUT2D eigenvalue weighted by Crippen LogP contribution is -2.50. The van der Waals surface area contributed by atoms with Gasteiger partial charge in [-0.2, -0.15) is 5.10 Å². The van der Waals surface area contributed by atoms with E-state index < -0.39 is 28.6 Å². The van der Waals surface area contributed by atoms with E-state index in [4.69, 9.17) is 4.84 Å². The van der Waals surface area contributed by atoms with E-state index >= 15 is 0 Å². The van der Waals surface area contributed by atoms with Crippen LogP contribution in [0.25, 0.3) is 10.9 Å². The van der Waals surface area contributed by atoms with Crippen molar-refractivity contribution < 1.29 is 18.0 Å². The molecule has 1 atom stereocenters. The summed E-state index contributed by atoms with van der Waals surface area (Å²) in [6.07, 6.45) is 3.04. The standard InChI is InChI=1S/C18H28IN3O4SSi/c1-18(27(2,24)25,17(23)21-26-10-11-28(3,4)5)8-9-22-13-14-12-15(19)6-7-16(14)20-22/h6-7,12-13H,8-11H2,1-5H3,(H,21,23). The molecule has 0 spiro atoms. The Morgan fingerprint density at radius 2 is 2.04 bits per heavy atom. The molecule has 156 valence electrons. The van der Waals surface area contributed by atoms with Gasteiger partial charge in [0.2, 0.25) is 0 Å². The van der Waals surface area contributed by atoms with E-state index in [2.05, 4.69) is 52.8 Å². The summed E-state index contributed by atoms with van der Waals surface area (Å²) in [7, 11) is -4.96. The Morgan fingerprint density at radius 1 is 1.36 bits per heavy atom. The number of rotatable bonds is 9. The van der Waals surface area contributed by atoms with E-state index in [0.29, 0.717) is 13.2 Å². The summed E-state index contributed by atoms with van der Waals surface area (Å²) in [5.41, 5.74) is 3.18. The van der Waals surface area contributed by atoms with Crippen molar-refractivity contribution >= 4 is 57.3 Å². The zero-order valence-electron chi connectivity index (χ0n) is 17.0. The summed E-state index contributed by atoms with van der Waals surface area (Å²) >= 11 is 2.23. The van der Waals surface area contributed by atoms with Crippen molar-refractivity contribution in [3.05, 3.63) is 28.0 Å². The lowest BCUT2D eigenvalue weighted by molar-refractivity contribution is -0.135. The van der Waals surface area contributed by atoms with Gasteiger partial charge in [0, 0.05) is 36.0 Å². The van der Waals surface area contributed by atoms with Gasteiger partial charge in [-0.15, -0.1) is 0 Å². The zero-order valence-corrected chi connectivity index (χ0v) is 20.9. The van der Waals surface area contributed by atoms with Gasteiger partial charge in [-0.1, -0.05) is 19.6 Å². The predicted octanol–water partition coefficient (Wildman–Crippen LogP) is 3.22. The maximum Gasteiger partial charge on any atom is 0.264 e. The fraction of sp³-hybridized carbons (Fsp3) is 0.556. The molecule has 1 N–H and O–H groups in total. The summed E-state index contributed by atoms with van der Waals surface area (Å²) in [6.45, 7) is 8.73. The number of sulfone groups is 1. The zero-order chi connectivity index (χ0) is 21.2. The fourth-order valence-corrected chi connectivity index (χ4v) is 4.61. The number of benzene rings is 1. The van der Waals surface area contributed by atoms with Crippen LogP contribution in [-0.2, 0) is 26.0 Å². The van der Waals surface area contributed by atoms with Gasteiger partial charge in [0.1, 0.15) is 0 Å². The monoisotopic (exact) mass is 537 g/mol. The van der Waals surface area contributed by atoms with Crippen LogP contribution in [0.5, 0.6) is 0 Å². The third-order valence-corrected chi connectivity index (χ3v) is 9.15. The molecule has 0 saturated heterocycles. The fourth-order valence-electron chi connectivity index (χ4n) is 2.54. The molecule has 0 saturated carbocycles. The molecule has 2 rings (SSSR count). The first-order valence-corrected chi connectivity index (χ1v) is 15.7. The molecule has 1 aromatic heterocycles. The smallest absolute Gasteiger partial charge is 0.264 e. The highest BCUT2D eigenvalue weighted by Gasteiger charge is 2.43. The Hall–Kier alpha value is -0.983. The number of halogens is 1. The highest BCUT2D eigenvalue weighted by atomic mass is 127. The minimum Gasteiger partial charge on any atom is -0.274 e. The summed E-state index contributed by atoms with van der Waals surface area (Å²) < 4.78 is 26.0. The molecular weight excluding hydrogens is 509 g/mol. The lowest BCUT2D eigenvalue weighted by Gasteiger charge is -2.26. The van der Waals surface area contributed by atoms with Crippen LogP contribution in [0.3, 0.4) is 0 Å². The van der Waals surface area contributed by atoms with Crippen LogP contribution in [0.15, 0.2) is 24.4 Å².